The van der Waals surface area contributed by atoms with E-state index in [1.807, 2.05) is 0 Å². The van der Waals surface area contributed by atoms with Gasteiger partial charge in [-0.05, 0) is 81.9 Å². The number of ether oxygens (including phenoxy) is 1. The van der Waals surface area contributed by atoms with Crippen LogP contribution in [0.3, 0.4) is 0 Å². The van der Waals surface area contributed by atoms with Crippen LogP contribution in [0.15, 0.2) is 182 Å². The molecule has 3 heteroatoms. The van der Waals surface area contributed by atoms with Crippen LogP contribution in [0.5, 0.6) is 11.5 Å². The van der Waals surface area contributed by atoms with E-state index in [1.165, 1.54) is 61.0 Å². The van der Waals surface area contributed by atoms with Gasteiger partial charge in [0.05, 0.1) is 28.2 Å². The molecule has 0 fully saturated rings. The van der Waals surface area contributed by atoms with Crippen molar-refractivity contribution in [2.24, 2.45) is 0 Å². The van der Waals surface area contributed by atoms with Gasteiger partial charge in [-0.2, -0.15) is 0 Å². The van der Waals surface area contributed by atoms with E-state index in [9.17, 15) is 0 Å². The molecule has 2 atom stereocenters. The maximum absolute atomic E-state index is 6.86. The lowest BCUT2D eigenvalue weighted by Crippen LogP contribution is -2.38. The lowest BCUT2D eigenvalue weighted by Gasteiger charge is -2.45. The topological polar surface area (TPSA) is 17.4 Å². The smallest absolute Gasteiger partial charge is 0.132 e. The predicted octanol–water partition coefficient (Wildman–Crippen LogP) is 11.7. The number of fused-ring (bicyclic) bond motifs is 11. The molecule has 0 saturated heterocycles. The molecule has 8 aromatic rings. The molecule has 11 rings (SSSR count). The first-order valence-corrected chi connectivity index (χ1v) is 18.0. The van der Waals surface area contributed by atoms with Crippen LogP contribution in [0.25, 0.3) is 38.8 Å². The quantitative estimate of drug-likeness (QED) is 0.187. The molecule has 246 valence electrons. The van der Waals surface area contributed by atoms with E-state index in [0.717, 1.165) is 28.2 Å². The van der Waals surface area contributed by atoms with Crippen molar-refractivity contribution in [3.8, 4) is 17.2 Å². The lowest BCUT2D eigenvalue weighted by molar-refractivity contribution is 0.412. The van der Waals surface area contributed by atoms with Crippen LogP contribution >= 0.6 is 0 Å². The van der Waals surface area contributed by atoms with Gasteiger partial charge in [-0.15, -0.1) is 0 Å². The van der Waals surface area contributed by atoms with Crippen LogP contribution in [0.4, 0.5) is 0 Å². The number of hydrogen-bond donors (Lipinski definition) is 0. The Kier molecular flexibility index (Phi) is 6.15. The van der Waals surface area contributed by atoms with Crippen molar-refractivity contribution in [3.05, 3.63) is 221 Å². The highest BCUT2D eigenvalue weighted by molar-refractivity contribution is 6.12. The molecule has 3 aliphatic rings. The van der Waals surface area contributed by atoms with Crippen LogP contribution in [0.2, 0.25) is 0 Å². The van der Waals surface area contributed by atoms with Gasteiger partial charge in [0, 0.05) is 34.6 Å². The van der Waals surface area contributed by atoms with Crippen molar-refractivity contribution in [2.45, 2.75) is 11.5 Å². The van der Waals surface area contributed by atoms with Crippen LogP contribution in [0, 0.1) is 0 Å². The second-order valence-corrected chi connectivity index (χ2v) is 14.1. The number of para-hydroxylation sites is 4. The Bertz CT molecular complexity index is 2790. The average Bonchev–Trinajstić information content (AvgIpc) is 3.55. The first-order chi connectivity index (χ1) is 25.7. The Balaban J connectivity index is 1.21. The summed E-state index contributed by atoms with van der Waals surface area (Å²) in [6, 6.07) is 61.8. The molecule has 0 saturated carbocycles. The Labute approximate surface area is 303 Å². The van der Waals surface area contributed by atoms with Gasteiger partial charge in [-0.25, -0.2) is 0 Å². The third kappa shape index (κ3) is 3.91. The number of aromatic nitrogens is 1. The van der Waals surface area contributed by atoms with Gasteiger partial charge in [-0.1, -0.05) is 133 Å². The molecule has 0 aliphatic carbocycles. The van der Waals surface area contributed by atoms with Crippen molar-refractivity contribution in [1.29, 1.82) is 0 Å². The van der Waals surface area contributed by atoms with Crippen LogP contribution in [-0.4, -0.2) is 16.5 Å². The van der Waals surface area contributed by atoms with E-state index >= 15 is 0 Å². The van der Waals surface area contributed by atoms with Crippen molar-refractivity contribution >= 4 is 33.1 Å². The number of rotatable bonds is 3. The summed E-state index contributed by atoms with van der Waals surface area (Å²) in [6.45, 7) is 0. The van der Waals surface area contributed by atoms with Crippen molar-refractivity contribution < 1.29 is 4.74 Å². The van der Waals surface area contributed by atoms with E-state index in [4.69, 9.17) is 4.74 Å². The molecular weight excluding hydrogens is 633 g/mol. The summed E-state index contributed by atoms with van der Waals surface area (Å²) in [5.41, 5.74) is 13.9. The van der Waals surface area contributed by atoms with Gasteiger partial charge in [0.1, 0.15) is 11.5 Å². The molecule has 3 aliphatic heterocycles. The maximum atomic E-state index is 6.86. The van der Waals surface area contributed by atoms with E-state index in [2.05, 4.69) is 199 Å². The monoisotopic (exact) mass is 666 g/mol. The average molecular weight is 667 g/mol. The van der Waals surface area contributed by atoms with Crippen LogP contribution in [0.1, 0.15) is 45.0 Å². The highest BCUT2D eigenvalue weighted by Gasteiger charge is 2.50. The number of nitrogens with zero attached hydrogens (tertiary/aromatic N) is 2. The normalized spacial score (nSPS) is 18.3. The summed E-state index contributed by atoms with van der Waals surface area (Å²) >= 11 is 0. The Hall–Kier alpha value is -6.58. The summed E-state index contributed by atoms with van der Waals surface area (Å²) in [4.78, 5) is 2.42. The fourth-order valence-corrected chi connectivity index (χ4v) is 9.28. The second kappa shape index (κ2) is 11.0. The second-order valence-electron chi connectivity index (χ2n) is 14.1. The zero-order chi connectivity index (χ0) is 34.4. The molecule has 0 N–H and O–H groups in total. The minimum atomic E-state index is -0.620. The van der Waals surface area contributed by atoms with Crippen molar-refractivity contribution in [1.82, 2.24) is 9.47 Å². The Morgan fingerprint density at radius 1 is 0.538 bits per heavy atom. The molecule has 52 heavy (non-hydrogen) atoms. The first-order valence-electron chi connectivity index (χ1n) is 18.0. The van der Waals surface area contributed by atoms with Crippen molar-refractivity contribution in [3.63, 3.8) is 0 Å². The third-order valence-corrected chi connectivity index (χ3v) is 11.5. The standard InChI is InChI=1S/C49H34N2O/c1-50-44(33-17-6-3-7-18-33)30-35(32-15-4-2-5-16-32)31-45(50)34-27-28-47-41(29-34)49(39-22-10-13-26-46(39)52-47)38-21-9-12-25-43(38)51-42-24-11-8-19-36(42)37-20-14-23-40(49)48(37)51/h2-31,44H,1H3. The van der Waals surface area contributed by atoms with Gasteiger partial charge < -0.3 is 14.2 Å². The highest BCUT2D eigenvalue weighted by atomic mass is 16.5. The fourth-order valence-electron chi connectivity index (χ4n) is 9.28. The molecule has 4 heterocycles. The van der Waals surface area contributed by atoms with E-state index in [-0.39, 0.29) is 6.04 Å². The van der Waals surface area contributed by atoms with Crippen LogP contribution < -0.4 is 4.74 Å². The predicted molar refractivity (Wildman–Crippen MR) is 212 cm³/mol. The third-order valence-electron chi connectivity index (χ3n) is 11.5. The molecule has 0 radical (unpaired) electrons. The number of benzene rings is 7. The number of allylic oxidation sites excluding steroid dienone is 2. The molecule has 1 spiro atoms. The zero-order valence-electron chi connectivity index (χ0n) is 28.7. The molecular formula is C49H34N2O. The highest BCUT2D eigenvalue weighted by Crippen LogP contribution is 2.60. The molecule has 3 nitrogen and oxygen atoms in total. The lowest BCUT2D eigenvalue weighted by atomic mass is 9.61. The van der Waals surface area contributed by atoms with E-state index < -0.39 is 5.41 Å². The SMILES string of the molecule is CN1C(c2ccc3c(c2)C2(c4ccccc4O3)c3ccccc3-n3c4ccccc4c4cccc2c43)=CC(c2ccccc2)=CC1c1ccccc1. The van der Waals surface area contributed by atoms with E-state index in [1.54, 1.807) is 0 Å². The summed E-state index contributed by atoms with van der Waals surface area (Å²) in [5.74, 6) is 1.78. The molecule has 7 aromatic carbocycles. The summed E-state index contributed by atoms with van der Waals surface area (Å²) < 4.78 is 9.35. The van der Waals surface area contributed by atoms with Gasteiger partial charge in [0.15, 0.2) is 0 Å². The number of hydrogen-bond acceptors (Lipinski definition) is 2. The molecule has 0 bridgehead atoms. The molecule has 2 unspecified atom stereocenters. The van der Waals surface area contributed by atoms with Crippen molar-refractivity contribution in [2.75, 3.05) is 7.05 Å². The number of likely N-dealkylation sites (N-methyl/N-ethyl adjacent to an activating group) is 1. The summed E-state index contributed by atoms with van der Waals surface area (Å²) in [6.07, 6.45) is 4.75. The maximum Gasteiger partial charge on any atom is 0.132 e. The summed E-state index contributed by atoms with van der Waals surface area (Å²) in [5, 5.41) is 2.53. The fraction of sp³-hybridized carbons (Fsp3) is 0.0612. The molecule has 0 amide bonds. The van der Waals surface area contributed by atoms with Gasteiger partial charge in [0.25, 0.3) is 0 Å². The first kappa shape index (κ1) is 29.2. The van der Waals surface area contributed by atoms with Crippen LogP contribution in [-0.2, 0) is 5.41 Å². The molecule has 1 aromatic heterocycles. The zero-order valence-corrected chi connectivity index (χ0v) is 28.7. The van der Waals surface area contributed by atoms with E-state index in [0.29, 0.717) is 0 Å². The Morgan fingerprint density at radius 2 is 1.21 bits per heavy atom. The largest absolute Gasteiger partial charge is 0.457 e. The minimum Gasteiger partial charge on any atom is -0.457 e. The summed E-state index contributed by atoms with van der Waals surface area (Å²) in [7, 11) is 2.22. The van der Waals surface area contributed by atoms with Gasteiger partial charge in [-0.3, -0.25) is 0 Å². The van der Waals surface area contributed by atoms with Gasteiger partial charge >= 0.3 is 0 Å². The Morgan fingerprint density at radius 3 is 2.08 bits per heavy atom. The van der Waals surface area contributed by atoms with Gasteiger partial charge in [0.2, 0.25) is 0 Å². The minimum absolute atomic E-state index is 0.0678.